The van der Waals surface area contributed by atoms with Gasteiger partial charge in [-0.25, -0.2) is 4.39 Å². The van der Waals surface area contributed by atoms with Crippen LogP contribution in [-0.4, -0.2) is 6.04 Å². The third-order valence-electron chi connectivity index (χ3n) is 3.59. The van der Waals surface area contributed by atoms with E-state index in [4.69, 9.17) is 0 Å². The second-order valence-electron chi connectivity index (χ2n) is 5.37. The number of rotatable bonds is 6. The Kier molecular flexibility index (Phi) is 5.31. The third-order valence-corrected chi connectivity index (χ3v) is 3.59. The van der Waals surface area contributed by atoms with E-state index in [0.29, 0.717) is 6.04 Å². The Hall–Kier alpha value is -1.67. The fourth-order valence-corrected chi connectivity index (χ4v) is 2.41. The van der Waals surface area contributed by atoms with Crippen molar-refractivity contribution in [2.24, 2.45) is 0 Å². The van der Waals surface area contributed by atoms with Crippen molar-refractivity contribution in [1.29, 1.82) is 0 Å². The van der Waals surface area contributed by atoms with Crippen LogP contribution in [0.15, 0.2) is 54.6 Å². The minimum Gasteiger partial charge on any atom is -0.308 e. The summed E-state index contributed by atoms with van der Waals surface area (Å²) in [7, 11) is 0. The molecular weight excluding hydrogens is 249 g/mol. The lowest BCUT2D eigenvalue weighted by Gasteiger charge is -2.20. The molecule has 106 valence electrons. The first-order chi connectivity index (χ1) is 9.65. The van der Waals surface area contributed by atoms with Gasteiger partial charge in [0.25, 0.3) is 0 Å². The molecule has 2 heteroatoms. The molecule has 1 N–H and O–H groups in total. The van der Waals surface area contributed by atoms with Crippen molar-refractivity contribution >= 4 is 0 Å². The van der Waals surface area contributed by atoms with Crippen LogP contribution in [0.3, 0.4) is 0 Å². The summed E-state index contributed by atoms with van der Waals surface area (Å²) in [5.41, 5.74) is 2.36. The molecular formula is C18H22FN. The van der Waals surface area contributed by atoms with Crippen LogP contribution >= 0.6 is 0 Å². The molecule has 1 unspecified atom stereocenters. The van der Waals surface area contributed by atoms with Crippen molar-refractivity contribution in [2.45, 2.75) is 38.8 Å². The van der Waals surface area contributed by atoms with Gasteiger partial charge in [0.1, 0.15) is 5.82 Å². The Labute approximate surface area is 120 Å². The van der Waals surface area contributed by atoms with Gasteiger partial charge in [0.15, 0.2) is 0 Å². The largest absolute Gasteiger partial charge is 0.308 e. The van der Waals surface area contributed by atoms with Crippen LogP contribution < -0.4 is 5.32 Å². The zero-order chi connectivity index (χ0) is 14.4. The van der Waals surface area contributed by atoms with E-state index in [1.165, 1.54) is 11.6 Å². The zero-order valence-corrected chi connectivity index (χ0v) is 12.1. The maximum absolute atomic E-state index is 13.2. The average Bonchev–Trinajstić information content (AvgIpc) is 2.46. The Bertz CT molecular complexity index is 524. The summed E-state index contributed by atoms with van der Waals surface area (Å²) in [6.45, 7) is 4.26. The Morgan fingerprint density at radius 3 is 2.45 bits per heavy atom. The number of hydrogen-bond acceptors (Lipinski definition) is 1. The van der Waals surface area contributed by atoms with E-state index < -0.39 is 0 Å². The van der Waals surface area contributed by atoms with Gasteiger partial charge in [-0.2, -0.15) is 0 Å². The number of hydrogen-bond donors (Lipinski definition) is 1. The van der Waals surface area contributed by atoms with Gasteiger partial charge >= 0.3 is 0 Å². The van der Waals surface area contributed by atoms with Gasteiger partial charge in [-0.15, -0.1) is 0 Å². The monoisotopic (exact) mass is 271 g/mol. The molecule has 0 aromatic heterocycles. The maximum Gasteiger partial charge on any atom is 0.123 e. The van der Waals surface area contributed by atoms with E-state index in [0.717, 1.165) is 18.4 Å². The second-order valence-corrected chi connectivity index (χ2v) is 5.37. The van der Waals surface area contributed by atoms with Crippen molar-refractivity contribution in [3.63, 3.8) is 0 Å². The standard InChI is InChI=1S/C18H22FN/c1-14(11-12-16-7-4-3-5-8-16)20-15(2)17-9-6-10-18(19)13-17/h3-10,13-15,20H,11-12H2,1-2H3/t14?,15-/m1/s1. The molecule has 0 heterocycles. The normalized spacial score (nSPS) is 13.9. The van der Waals surface area contributed by atoms with Crippen LogP contribution in [0.5, 0.6) is 0 Å². The highest BCUT2D eigenvalue weighted by atomic mass is 19.1. The molecule has 2 aromatic carbocycles. The minimum absolute atomic E-state index is 0.163. The summed E-state index contributed by atoms with van der Waals surface area (Å²) < 4.78 is 13.2. The summed E-state index contributed by atoms with van der Waals surface area (Å²) >= 11 is 0. The van der Waals surface area contributed by atoms with Crippen LogP contribution in [0.4, 0.5) is 4.39 Å². The average molecular weight is 271 g/mol. The van der Waals surface area contributed by atoms with Gasteiger partial charge < -0.3 is 5.32 Å². The molecule has 20 heavy (non-hydrogen) atoms. The lowest BCUT2D eigenvalue weighted by atomic mass is 10.0. The highest BCUT2D eigenvalue weighted by molar-refractivity contribution is 5.19. The van der Waals surface area contributed by atoms with Gasteiger partial charge in [0.05, 0.1) is 0 Å². The van der Waals surface area contributed by atoms with Gasteiger partial charge in [-0.1, -0.05) is 42.5 Å². The fraction of sp³-hybridized carbons (Fsp3) is 0.333. The molecule has 0 bridgehead atoms. The van der Waals surface area contributed by atoms with Crippen molar-refractivity contribution < 1.29 is 4.39 Å². The smallest absolute Gasteiger partial charge is 0.123 e. The first-order valence-corrected chi connectivity index (χ1v) is 7.20. The van der Waals surface area contributed by atoms with Crippen molar-refractivity contribution in [3.05, 3.63) is 71.5 Å². The topological polar surface area (TPSA) is 12.0 Å². The van der Waals surface area contributed by atoms with E-state index in [-0.39, 0.29) is 11.9 Å². The predicted molar refractivity (Wildman–Crippen MR) is 82.2 cm³/mol. The van der Waals surface area contributed by atoms with Crippen molar-refractivity contribution in [2.75, 3.05) is 0 Å². The molecule has 2 atom stereocenters. The number of aryl methyl sites for hydroxylation is 1. The van der Waals surface area contributed by atoms with E-state index in [9.17, 15) is 4.39 Å². The molecule has 0 amide bonds. The van der Waals surface area contributed by atoms with E-state index >= 15 is 0 Å². The van der Waals surface area contributed by atoms with Gasteiger partial charge in [-0.05, 0) is 49.9 Å². The van der Waals surface area contributed by atoms with Crippen molar-refractivity contribution in [3.8, 4) is 0 Å². The van der Waals surface area contributed by atoms with E-state index in [2.05, 4.69) is 43.4 Å². The van der Waals surface area contributed by atoms with Crippen LogP contribution in [0.25, 0.3) is 0 Å². The number of benzene rings is 2. The summed E-state index contributed by atoms with van der Waals surface area (Å²) in [6.07, 6.45) is 2.13. The second kappa shape index (κ2) is 7.20. The van der Waals surface area contributed by atoms with E-state index in [1.807, 2.05) is 12.1 Å². The van der Waals surface area contributed by atoms with Crippen molar-refractivity contribution in [1.82, 2.24) is 5.32 Å². The minimum atomic E-state index is -0.173. The van der Waals surface area contributed by atoms with Crippen LogP contribution in [0.2, 0.25) is 0 Å². The molecule has 0 saturated carbocycles. The number of nitrogens with one attached hydrogen (secondary N) is 1. The van der Waals surface area contributed by atoms with Gasteiger partial charge in [0.2, 0.25) is 0 Å². The molecule has 2 aromatic rings. The molecule has 2 rings (SSSR count). The zero-order valence-electron chi connectivity index (χ0n) is 12.1. The molecule has 0 aliphatic heterocycles. The Morgan fingerprint density at radius 1 is 1.00 bits per heavy atom. The summed E-state index contributed by atoms with van der Waals surface area (Å²) in [5, 5.41) is 3.53. The molecule has 0 aliphatic rings. The third kappa shape index (κ3) is 4.46. The summed E-state index contributed by atoms with van der Waals surface area (Å²) in [4.78, 5) is 0. The first-order valence-electron chi connectivity index (χ1n) is 7.20. The Morgan fingerprint density at radius 2 is 1.75 bits per heavy atom. The maximum atomic E-state index is 13.2. The van der Waals surface area contributed by atoms with Crippen LogP contribution in [0, 0.1) is 5.82 Å². The van der Waals surface area contributed by atoms with Crippen LogP contribution in [0.1, 0.15) is 37.4 Å². The molecule has 0 saturated heterocycles. The van der Waals surface area contributed by atoms with Crippen LogP contribution in [-0.2, 0) is 6.42 Å². The predicted octanol–water partition coefficient (Wildman–Crippen LogP) is 4.50. The quantitative estimate of drug-likeness (QED) is 0.815. The molecule has 0 fully saturated rings. The van der Waals surface area contributed by atoms with E-state index in [1.54, 1.807) is 12.1 Å². The highest BCUT2D eigenvalue weighted by Crippen LogP contribution is 2.15. The Balaban J connectivity index is 1.83. The highest BCUT2D eigenvalue weighted by Gasteiger charge is 2.10. The first kappa shape index (κ1) is 14.7. The molecule has 0 radical (unpaired) electrons. The lowest BCUT2D eigenvalue weighted by molar-refractivity contribution is 0.455. The van der Waals surface area contributed by atoms with Gasteiger partial charge in [0, 0.05) is 12.1 Å². The molecule has 1 nitrogen and oxygen atoms in total. The van der Waals surface area contributed by atoms with Gasteiger partial charge in [-0.3, -0.25) is 0 Å². The molecule has 0 spiro atoms. The lowest BCUT2D eigenvalue weighted by Crippen LogP contribution is -2.29. The number of halogens is 1. The SMILES string of the molecule is CC(CCc1ccccc1)N[C@H](C)c1cccc(F)c1. The fourth-order valence-electron chi connectivity index (χ4n) is 2.41. The summed E-state index contributed by atoms with van der Waals surface area (Å²) in [6, 6.07) is 17.9. The molecule has 0 aliphatic carbocycles. The summed E-state index contributed by atoms with van der Waals surface area (Å²) in [5.74, 6) is -0.173.